The van der Waals surface area contributed by atoms with Crippen LogP contribution in [0.25, 0.3) is 0 Å². The molecule has 36 heavy (non-hydrogen) atoms. The van der Waals surface area contributed by atoms with Gasteiger partial charge in [-0.2, -0.15) is 0 Å². The molecule has 0 spiro atoms. The van der Waals surface area contributed by atoms with E-state index in [1.54, 1.807) is 13.0 Å². The van der Waals surface area contributed by atoms with Gasteiger partial charge < -0.3 is 14.9 Å². The van der Waals surface area contributed by atoms with Crippen molar-refractivity contribution in [1.29, 1.82) is 0 Å². The standard InChI is InChI=1S/C31H48O5/c1-18(27(35)36-8)15-20(32)16-19(2)31(7)17-23(33)26-21-9-10-24-28(3,4)25(34)12-13-29(24,5)22(21)11-14-30(26,31)6/h15,19-20,22,24-25,32,34H,9-14,16-17H2,1-8H3/b18-15+/t19-,20+,22?,24?,25-,29-,30-,31+/m1/s1. The van der Waals surface area contributed by atoms with Crippen molar-refractivity contribution in [1.82, 2.24) is 0 Å². The van der Waals surface area contributed by atoms with Crippen LogP contribution in [0.1, 0.15) is 99.8 Å². The molecule has 0 amide bonds. The third kappa shape index (κ3) is 3.86. The number of hydrogen-bond donors (Lipinski definition) is 2. The maximum Gasteiger partial charge on any atom is 0.333 e. The normalized spacial score (nSPS) is 41.8. The lowest BCUT2D eigenvalue weighted by Gasteiger charge is -2.62. The van der Waals surface area contributed by atoms with Crippen LogP contribution in [0.5, 0.6) is 0 Å². The van der Waals surface area contributed by atoms with Crippen molar-refractivity contribution in [2.75, 3.05) is 7.11 Å². The van der Waals surface area contributed by atoms with Crippen LogP contribution in [0.4, 0.5) is 0 Å². The van der Waals surface area contributed by atoms with Crippen molar-refractivity contribution in [3.8, 4) is 0 Å². The van der Waals surface area contributed by atoms with Crippen molar-refractivity contribution in [2.45, 2.75) is 112 Å². The SMILES string of the molecule is COC(=O)/C(C)=C/[C@H](O)C[C@@H](C)[C@]1(C)CC(=O)C2=C3CCC4C(C)(C)[C@H](O)CC[C@]4(C)C3CC[C@]21C. The molecule has 2 N–H and O–H groups in total. The number of rotatable bonds is 5. The molecule has 4 rings (SSSR count). The monoisotopic (exact) mass is 500 g/mol. The highest BCUT2D eigenvalue weighted by Crippen LogP contribution is 2.70. The van der Waals surface area contributed by atoms with E-state index in [4.69, 9.17) is 4.74 Å². The quantitative estimate of drug-likeness (QED) is 0.369. The second-order valence-electron chi connectivity index (χ2n) is 13.9. The summed E-state index contributed by atoms with van der Waals surface area (Å²) in [5.41, 5.74) is 2.50. The summed E-state index contributed by atoms with van der Waals surface area (Å²) in [7, 11) is 1.34. The lowest BCUT2D eigenvalue weighted by molar-refractivity contribution is -0.136. The lowest BCUT2D eigenvalue weighted by atomic mass is 9.43. The maximum absolute atomic E-state index is 13.8. The molecule has 0 bridgehead atoms. The second kappa shape index (κ2) is 9.08. The fourth-order valence-electron chi connectivity index (χ4n) is 9.38. The predicted octanol–water partition coefficient (Wildman–Crippen LogP) is 5.78. The van der Waals surface area contributed by atoms with E-state index in [1.807, 2.05) is 0 Å². The first-order valence-electron chi connectivity index (χ1n) is 14.0. The average molecular weight is 501 g/mol. The van der Waals surface area contributed by atoms with Crippen LogP contribution in [0.15, 0.2) is 22.8 Å². The minimum Gasteiger partial charge on any atom is -0.466 e. The van der Waals surface area contributed by atoms with E-state index in [1.165, 1.54) is 12.7 Å². The summed E-state index contributed by atoms with van der Waals surface area (Å²) in [6.07, 6.45) is 7.56. The number of carbonyl (C=O) groups is 2. The predicted molar refractivity (Wildman–Crippen MR) is 141 cm³/mol. The topological polar surface area (TPSA) is 83.8 Å². The fourth-order valence-corrected chi connectivity index (χ4v) is 9.38. The fraction of sp³-hybridized carbons (Fsp3) is 0.806. The third-order valence-electron chi connectivity index (χ3n) is 11.9. The van der Waals surface area contributed by atoms with Gasteiger partial charge in [0.25, 0.3) is 0 Å². The third-order valence-corrected chi connectivity index (χ3v) is 11.9. The molecule has 0 aromatic heterocycles. The van der Waals surface area contributed by atoms with Crippen LogP contribution >= 0.6 is 0 Å². The Balaban J connectivity index is 1.65. The summed E-state index contributed by atoms with van der Waals surface area (Å²) in [5.74, 6) is 0.870. The zero-order valence-electron chi connectivity index (χ0n) is 23.7. The molecule has 202 valence electrons. The van der Waals surface area contributed by atoms with Crippen molar-refractivity contribution in [3.05, 3.63) is 22.8 Å². The van der Waals surface area contributed by atoms with Gasteiger partial charge in [0.2, 0.25) is 0 Å². The Morgan fingerprint density at radius 2 is 1.81 bits per heavy atom. The lowest BCUT2D eigenvalue weighted by Crippen LogP contribution is -2.56. The number of methoxy groups -OCH3 is 1. The number of ether oxygens (including phenoxy) is 1. The molecule has 0 aliphatic heterocycles. The molecule has 4 aliphatic carbocycles. The van der Waals surface area contributed by atoms with Crippen LogP contribution in [-0.2, 0) is 14.3 Å². The van der Waals surface area contributed by atoms with Gasteiger partial charge in [0.05, 0.1) is 19.3 Å². The van der Waals surface area contributed by atoms with E-state index in [0.717, 1.165) is 44.1 Å². The van der Waals surface area contributed by atoms with Gasteiger partial charge in [0.1, 0.15) is 0 Å². The first kappa shape index (κ1) is 27.6. The van der Waals surface area contributed by atoms with Gasteiger partial charge in [0.15, 0.2) is 5.78 Å². The van der Waals surface area contributed by atoms with Gasteiger partial charge >= 0.3 is 5.97 Å². The molecule has 3 fully saturated rings. The van der Waals surface area contributed by atoms with Gasteiger partial charge in [-0.05, 0) is 91.9 Å². The summed E-state index contributed by atoms with van der Waals surface area (Å²) in [6, 6.07) is 0. The summed E-state index contributed by atoms with van der Waals surface area (Å²) >= 11 is 0. The Morgan fingerprint density at radius 1 is 1.14 bits per heavy atom. The van der Waals surface area contributed by atoms with Crippen molar-refractivity contribution < 1.29 is 24.5 Å². The molecule has 0 aromatic carbocycles. The minimum absolute atomic E-state index is 0.0986. The Hall–Kier alpha value is -1.46. The van der Waals surface area contributed by atoms with E-state index >= 15 is 0 Å². The van der Waals surface area contributed by atoms with Crippen molar-refractivity contribution >= 4 is 11.8 Å². The highest BCUT2D eigenvalue weighted by molar-refractivity contribution is 6.01. The molecular formula is C31H48O5. The minimum atomic E-state index is -0.757. The molecule has 0 saturated heterocycles. The van der Waals surface area contributed by atoms with Crippen molar-refractivity contribution in [2.24, 2.45) is 39.4 Å². The number of aliphatic hydroxyl groups excluding tert-OH is 2. The molecule has 0 aromatic rings. The molecule has 5 heteroatoms. The summed E-state index contributed by atoms with van der Waals surface area (Å²) in [5, 5.41) is 21.6. The summed E-state index contributed by atoms with van der Waals surface area (Å²) in [6.45, 7) is 15.3. The average Bonchev–Trinajstić information content (AvgIpc) is 3.01. The van der Waals surface area contributed by atoms with E-state index in [0.29, 0.717) is 36.0 Å². The number of Topliss-reactive ketones (excluding diaryl/α,β-unsaturated/α-hetero) is 1. The number of aliphatic hydroxyl groups is 2. The van der Waals surface area contributed by atoms with Crippen LogP contribution in [0, 0.1) is 39.4 Å². The number of carbonyl (C=O) groups excluding carboxylic acids is 2. The molecule has 0 radical (unpaired) electrons. The summed E-state index contributed by atoms with van der Waals surface area (Å²) < 4.78 is 4.77. The number of esters is 1. The van der Waals surface area contributed by atoms with E-state index in [2.05, 4.69) is 41.5 Å². The van der Waals surface area contributed by atoms with E-state index in [-0.39, 0.29) is 33.7 Å². The number of hydrogen-bond acceptors (Lipinski definition) is 5. The van der Waals surface area contributed by atoms with Gasteiger partial charge in [0, 0.05) is 23.0 Å². The zero-order chi connectivity index (χ0) is 26.8. The number of fused-ring (bicyclic) bond motifs is 4. The molecule has 2 unspecified atom stereocenters. The van der Waals surface area contributed by atoms with Crippen molar-refractivity contribution in [3.63, 3.8) is 0 Å². The number of allylic oxidation sites excluding steroid dienone is 2. The largest absolute Gasteiger partial charge is 0.466 e. The van der Waals surface area contributed by atoms with Gasteiger partial charge in [-0.3, -0.25) is 4.79 Å². The molecule has 3 saturated carbocycles. The molecule has 8 atom stereocenters. The summed E-state index contributed by atoms with van der Waals surface area (Å²) in [4.78, 5) is 25.6. The Labute approximate surface area is 217 Å². The highest BCUT2D eigenvalue weighted by atomic mass is 16.5. The van der Waals surface area contributed by atoms with E-state index < -0.39 is 12.1 Å². The highest BCUT2D eigenvalue weighted by Gasteiger charge is 2.64. The van der Waals surface area contributed by atoms with Gasteiger partial charge in [-0.15, -0.1) is 0 Å². The Morgan fingerprint density at radius 3 is 2.44 bits per heavy atom. The first-order valence-corrected chi connectivity index (χ1v) is 14.0. The molecule has 0 heterocycles. The zero-order valence-corrected chi connectivity index (χ0v) is 23.7. The van der Waals surface area contributed by atoms with Gasteiger partial charge in [-0.25, -0.2) is 4.79 Å². The first-order chi connectivity index (χ1) is 16.6. The Kier molecular flexibility index (Phi) is 6.95. The van der Waals surface area contributed by atoms with Crippen LogP contribution < -0.4 is 0 Å². The Bertz CT molecular complexity index is 991. The second-order valence-corrected chi connectivity index (χ2v) is 13.9. The van der Waals surface area contributed by atoms with Crippen LogP contribution in [0.3, 0.4) is 0 Å². The van der Waals surface area contributed by atoms with Crippen LogP contribution in [0.2, 0.25) is 0 Å². The van der Waals surface area contributed by atoms with Crippen LogP contribution in [-0.4, -0.2) is 41.3 Å². The maximum atomic E-state index is 13.8. The molecule has 4 aliphatic rings. The molecular weight excluding hydrogens is 452 g/mol. The number of ketones is 1. The molecule has 5 nitrogen and oxygen atoms in total. The van der Waals surface area contributed by atoms with E-state index in [9.17, 15) is 19.8 Å². The van der Waals surface area contributed by atoms with Gasteiger partial charge in [-0.1, -0.05) is 47.1 Å². The smallest absolute Gasteiger partial charge is 0.333 e.